The Labute approximate surface area is 127 Å². The first kappa shape index (κ1) is 15.6. The fraction of sp³-hybridized carbons (Fsp3) is 0.154. The molecule has 1 aromatic heterocycles. The molecule has 1 heterocycles. The molecule has 0 saturated heterocycles. The molecule has 8 heteroatoms. The van der Waals surface area contributed by atoms with E-state index in [2.05, 4.69) is 9.71 Å². The van der Waals surface area contributed by atoms with Crippen LogP contribution in [0.2, 0.25) is 5.02 Å². The summed E-state index contributed by atoms with van der Waals surface area (Å²) in [5.74, 6) is 0.373. The van der Waals surface area contributed by atoms with Crippen LogP contribution in [0.25, 0.3) is 0 Å². The molecule has 2 rings (SSSR count). The van der Waals surface area contributed by atoms with Crippen LogP contribution in [0.3, 0.4) is 0 Å². The molecular weight excluding hydrogens is 316 g/mol. The molecule has 0 aliphatic rings. The van der Waals surface area contributed by atoms with Crippen LogP contribution in [-0.4, -0.2) is 25.6 Å². The van der Waals surface area contributed by atoms with Crippen molar-refractivity contribution in [3.8, 4) is 5.88 Å². The van der Waals surface area contributed by atoms with Crippen molar-refractivity contribution in [3.05, 3.63) is 47.1 Å². The van der Waals surface area contributed by atoms with Gasteiger partial charge in [0.15, 0.2) is 0 Å². The number of sulfonamides is 1. The van der Waals surface area contributed by atoms with Gasteiger partial charge in [-0.15, -0.1) is 0 Å². The highest BCUT2D eigenvalue weighted by atomic mass is 35.5. The van der Waals surface area contributed by atoms with Gasteiger partial charge in [0.1, 0.15) is 4.90 Å². The molecule has 0 bridgehead atoms. The van der Waals surface area contributed by atoms with Gasteiger partial charge in [-0.3, -0.25) is 4.72 Å². The third-order valence-corrected chi connectivity index (χ3v) is 4.53. The SMILES string of the molecule is COc1ccc(NS(=O)(=O)c2cc(CO)ccc2Cl)cn1. The molecule has 0 saturated carbocycles. The van der Waals surface area contributed by atoms with Gasteiger partial charge in [0, 0.05) is 6.07 Å². The van der Waals surface area contributed by atoms with Crippen molar-refractivity contribution in [3.63, 3.8) is 0 Å². The van der Waals surface area contributed by atoms with Crippen LogP contribution < -0.4 is 9.46 Å². The normalized spacial score (nSPS) is 11.2. The Balaban J connectivity index is 2.33. The van der Waals surface area contributed by atoms with Gasteiger partial charge in [0.25, 0.3) is 10.0 Å². The highest BCUT2D eigenvalue weighted by Crippen LogP contribution is 2.25. The molecule has 21 heavy (non-hydrogen) atoms. The van der Waals surface area contributed by atoms with Crippen molar-refractivity contribution in [1.82, 2.24) is 4.98 Å². The van der Waals surface area contributed by atoms with Crippen LogP contribution in [0.1, 0.15) is 5.56 Å². The van der Waals surface area contributed by atoms with Gasteiger partial charge in [-0.05, 0) is 23.8 Å². The van der Waals surface area contributed by atoms with Gasteiger partial charge in [0.2, 0.25) is 5.88 Å². The standard InChI is InChI=1S/C13H13ClN2O4S/c1-20-13-5-3-10(7-15-13)16-21(18,19)12-6-9(8-17)2-4-11(12)14/h2-7,16-17H,8H2,1H3. The molecule has 0 radical (unpaired) electrons. The Bertz CT molecular complexity index is 732. The third-order valence-electron chi connectivity index (χ3n) is 2.67. The summed E-state index contributed by atoms with van der Waals surface area (Å²) in [6, 6.07) is 7.35. The largest absolute Gasteiger partial charge is 0.481 e. The topological polar surface area (TPSA) is 88.5 Å². The van der Waals surface area contributed by atoms with Crippen molar-refractivity contribution >= 4 is 27.3 Å². The van der Waals surface area contributed by atoms with E-state index in [-0.39, 0.29) is 22.2 Å². The zero-order valence-electron chi connectivity index (χ0n) is 11.1. The lowest BCUT2D eigenvalue weighted by molar-refractivity contribution is 0.281. The van der Waals surface area contributed by atoms with Gasteiger partial charge in [-0.1, -0.05) is 17.7 Å². The summed E-state index contributed by atoms with van der Waals surface area (Å²) in [5.41, 5.74) is 0.730. The highest BCUT2D eigenvalue weighted by Gasteiger charge is 2.18. The number of rotatable bonds is 5. The van der Waals surface area contributed by atoms with Crippen LogP contribution in [-0.2, 0) is 16.6 Å². The van der Waals surface area contributed by atoms with Crippen molar-refractivity contribution in [1.29, 1.82) is 0 Å². The molecular formula is C13H13ClN2O4S. The van der Waals surface area contributed by atoms with Crippen LogP contribution in [0.5, 0.6) is 5.88 Å². The average Bonchev–Trinajstić information content (AvgIpc) is 2.48. The molecule has 6 nitrogen and oxygen atoms in total. The number of aliphatic hydroxyl groups is 1. The highest BCUT2D eigenvalue weighted by molar-refractivity contribution is 7.92. The van der Waals surface area contributed by atoms with E-state index in [1.807, 2.05) is 0 Å². The summed E-state index contributed by atoms with van der Waals surface area (Å²) >= 11 is 5.92. The Morgan fingerprint density at radius 2 is 2.10 bits per heavy atom. The molecule has 0 spiro atoms. The van der Waals surface area contributed by atoms with Crippen LogP contribution in [0, 0.1) is 0 Å². The van der Waals surface area contributed by atoms with E-state index in [4.69, 9.17) is 21.4 Å². The molecule has 0 amide bonds. The average molecular weight is 329 g/mol. The van der Waals surface area contributed by atoms with E-state index >= 15 is 0 Å². The van der Waals surface area contributed by atoms with Crippen molar-refractivity contribution < 1.29 is 18.3 Å². The fourth-order valence-electron chi connectivity index (χ4n) is 1.62. The maximum atomic E-state index is 12.3. The molecule has 0 atom stereocenters. The zero-order valence-corrected chi connectivity index (χ0v) is 12.6. The number of methoxy groups -OCH3 is 1. The van der Waals surface area contributed by atoms with E-state index in [1.54, 1.807) is 6.07 Å². The lowest BCUT2D eigenvalue weighted by Gasteiger charge is -2.10. The van der Waals surface area contributed by atoms with E-state index < -0.39 is 10.0 Å². The number of nitrogens with zero attached hydrogens (tertiary/aromatic N) is 1. The van der Waals surface area contributed by atoms with Gasteiger partial charge >= 0.3 is 0 Å². The minimum atomic E-state index is -3.87. The minimum Gasteiger partial charge on any atom is -0.481 e. The number of hydrogen-bond donors (Lipinski definition) is 2. The first-order valence-electron chi connectivity index (χ1n) is 5.88. The van der Waals surface area contributed by atoms with Gasteiger partial charge < -0.3 is 9.84 Å². The summed E-state index contributed by atoms with van der Waals surface area (Å²) in [7, 11) is -2.41. The molecule has 0 aliphatic heterocycles. The van der Waals surface area contributed by atoms with Crippen molar-refractivity contribution in [2.24, 2.45) is 0 Å². The molecule has 112 valence electrons. The first-order valence-corrected chi connectivity index (χ1v) is 7.74. The van der Waals surface area contributed by atoms with Gasteiger partial charge in [-0.25, -0.2) is 13.4 Å². The minimum absolute atomic E-state index is 0.0705. The van der Waals surface area contributed by atoms with Gasteiger partial charge in [-0.2, -0.15) is 0 Å². The Morgan fingerprint density at radius 3 is 2.67 bits per heavy atom. The predicted octanol–water partition coefficient (Wildman–Crippen LogP) is 2.04. The number of benzene rings is 1. The second-order valence-corrected chi connectivity index (χ2v) is 6.18. The van der Waals surface area contributed by atoms with E-state index in [9.17, 15) is 8.42 Å². The maximum absolute atomic E-state index is 12.3. The van der Waals surface area contributed by atoms with Crippen molar-refractivity contribution in [2.45, 2.75) is 11.5 Å². The molecule has 0 aliphatic carbocycles. The number of halogens is 1. The summed E-state index contributed by atoms with van der Waals surface area (Å²) in [6.07, 6.45) is 1.33. The summed E-state index contributed by atoms with van der Waals surface area (Å²) in [4.78, 5) is 3.80. The maximum Gasteiger partial charge on any atom is 0.263 e. The van der Waals surface area contributed by atoms with Crippen LogP contribution in [0.4, 0.5) is 5.69 Å². The van der Waals surface area contributed by atoms with E-state index in [1.165, 1.54) is 37.6 Å². The number of ether oxygens (including phenoxy) is 1. The molecule has 0 fully saturated rings. The second kappa shape index (κ2) is 6.30. The zero-order chi connectivity index (χ0) is 15.5. The fourth-order valence-corrected chi connectivity index (χ4v) is 3.22. The number of pyridine rings is 1. The molecule has 2 aromatic rings. The lowest BCUT2D eigenvalue weighted by atomic mass is 10.2. The summed E-state index contributed by atoms with van der Waals surface area (Å²) in [6.45, 7) is -0.274. The molecule has 1 aromatic carbocycles. The van der Waals surface area contributed by atoms with Crippen LogP contribution >= 0.6 is 11.6 Å². The second-order valence-electron chi connectivity index (χ2n) is 4.12. The Morgan fingerprint density at radius 1 is 1.33 bits per heavy atom. The smallest absolute Gasteiger partial charge is 0.263 e. The monoisotopic (exact) mass is 328 g/mol. The quantitative estimate of drug-likeness (QED) is 0.876. The van der Waals surface area contributed by atoms with Crippen LogP contribution in [0.15, 0.2) is 41.4 Å². The summed E-state index contributed by atoms with van der Waals surface area (Å²) < 4.78 is 31.9. The third kappa shape index (κ3) is 3.63. The molecule has 2 N–H and O–H groups in total. The number of nitrogens with one attached hydrogen (secondary N) is 1. The lowest BCUT2D eigenvalue weighted by Crippen LogP contribution is -2.14. The number of anilines is 1. The predicted molar refractivity (Wildman–Crippen MR) is 79.0 cm³/mol. The Hall–Kier alpha value is -1.83. The summed E-state index contributed by atoms with van der Waals surface area (Å²) in [5, 5.41) is 9.15. The molecule has 0 unspecified atom stereocenters. The number of aliphatic hydroxyl groups excluding tert-OH is 1. The van der Waals surface area contributed by atoms with E-state index in [0.29, 0.717) is 11.4 Å². The number of hydrogen-bond acceptors (Lipinski definition) is 5. The Kier molecular flexibility index (Phi) is 4.66. The van der Waals surface area contributed by atoms with Crippen molar-refractivity contribution in [2.75, 3.05) is 11.8 Å². The van der Waals surface area contributed by atoms with Gasteiger partial charge in [0.05, 0.1) is 30.6 Å². The van der Waals surface area contributed by atoms with E-state index in [0.717, 1.165) is 0 Å². The number of aromatic nitrogens is 1. The first-order chi connectivity index (χ1) is 9.96.